The van der Waals surface area contributed by atoms with Gasteiger partial charge in [-0.1, -0.05) is 11.6 Å². The van der Waals surface area contributed by atoms with Gasteiger partial charge in [-0.2, -0.15) is 0 Å². The molecule has 0 atom stereocenters. The van der Waals surface area contributed by atoms with Crippen LogP contribution in [0.4, 0.5) is 4.39 Å². The number of carbonyl (C=O) groups is 1. The Kier molecular flexibility index (Phi) is 4.59. The van der Waals surface area contributed by atoms with Crippen molar-refractivity contribution < 1.29 is 9.18 Å². The van der Waals surface area contributed by atoms with Crippen LogP contribution in [0.25, 0.3) is 0 Å². The number of benzene rings is 1. The van der Waals surface area contributed by atoms with Crippen LogP contribution in [-0.4, -0.2) is 25.0 Å². The summed E-state index contributed by atoms with van der Waals surface area (Å²) in [5.74, 6) is -0.994. The van der Waals surface area contributed by atoms with Crippen molar-refractivity contribution in [2.45, 2.75) is 18.9 Å². The van der Waals surface area contributed by atoms with Crippen LogP contribution >= 0.6 is 27.5 Å². The molecule has 18 heavy (non-hydrogen) atoms. The minimum atomic E-state index is -0.602. The molecule has 1 fully saturated rings. The highest BCUT2D eigenvalue weighted by molar-refractivity contribution is 9.10. The highest BCUT2D eigenvalue weighted by Crippen LogP contribution is 2.25. The standard InChI is InChI=1S/C12H13BrClFN2O/c13-9-5-8(11(15)6-10(9)14)12(18)17-7-1-3-16-4-2-7/h5-7,16H,1-4H2,(H,17,18). The summed E-state index contributed by atoms with van der Waals surface area (Å²) in [7, 11) is 0. The molecule has 2 N–H and O–H groups in total. The number of nitrogens with one attached hydrogen (secondary N) is 2. The molecule has 98 valence electrons. The van der Waals surface area contributed by atoms with Gasteiger partial charge in [-0.25, -0.2) is 4.39 Å². The number of hydrogen-bond acceptors (Lipinski definition) is 2. The zero-order chi connectivity index (χ0) is 13.1. The van der Waals surface area contributed by atoms with Gasteiger partial charge in [0.2, 0.25) is 0 Å². The van der Waals surface area contributed by atoms with Gasteiger partial charge in [-0.15, -0.1) is 0 Å². The molecule has 1 aliphatic rings. The molecule has 1 aromatic carbocycles. The van der Waals surface area contributed by atoms with Gasteiger partial charge >= 0.3 is 0 Å². The number of carbonyl (C=O) groups excluding carboxylic acids is 1. The highest BCUT2D eigenvalue weighted by atomic mass is 79.9. The first-order chi connectivity index (χ1) is 8.58. The van der Waals surface area contributed by atoms with Crippen LogP contribution in [0.5, 0.6) is 0 Å². The quantitative estimate of drug-likeness (QED) is 0.816. The van der Waals surface area contributed by atoms with Crippen LogP contribution in [-0.2, 0) is 0 Å². The molecule has 1 heterocycles. The predicted octanol–water partition coefficient (Wildman–Crippen LogP) is 2.72. The van der Waals surface area contributed by atoms with Gasteiger partial charge in [0.05, 0.1) is 10.6 Å². The minimum absolute atomic E-state index is 0.0183. The molecule has 1 aromatic rings. The first-order valence-corrected chi connectivity index (χ1v) is 6.91. The average Bonchev–Trinajstić information content (AvgIpc) is 2.35. The fraction of sp³-hybridized carbons (Fsp3) is 0.417. The molecule has 0 bridgehead atoms. The van der Waals surface area contributed by atoms with Crippen molar-refractivity contribution in [3.8, 4) is 0 Å². The third kappa shape index (κ3) is 3.22. The van der Waals surface area contributed by atoms with Crippen LogP contribution in [0.3, 0.4) is 0 Å². The SMILES string of the molecule is O=C(NC1CCNCC1)c1cc(Br)c(Cl)cc1F. The van der Waals surface area contributed by atoms with E-state index in [4.69, 9.17) is 11.6 Å². The predicted molar refractivity (Wildman–Crippen MR) is 72.5 cm³/mol. The second-order valence-corrected chi connectivity index (χ2v) is 5.51. The molecule has 3 nitrogen and oxygen atoms in total. The summed E-state index contributed by atoms with van der Waals surface area (Å²) in [4.78, 5) is 12.0. The Morgan fingerprint density at radius 1 is 1.44 bits per heavy atom. The Labute approximate surface area is 118 Å². The molecule has 0 aromatic heterocycles. The summed E-state index contributed by atoms with van der Waals surface area (Å²) in [6.45, 7) is 1.75. The van der Waals surface area contributed by atoms with E-state index in [9.17, 15) is 9.18 Å². The largest absolute Gasteiger partial charge is 0.349 e. The summed E-state index contributed by atoms with van der Waals surface area (Å²) >= 11 is 8.94. The molecular weight excluding hydrogens is 322 g/mol. The van der Waals surface area contributed by atoms with Crippen molar-refractivity contribution in [2.24, 2.45) is 0 Å². The van der Waals surface area contributed by atoms with E-state index in [2.05, 4.69) is 26.6 Å². The Bertz CT molecular complexity index is 464. The van der Waals surface area contributed by atoms with E-state index in [1.54, 1.807) is 0 Å². The van der Waals surface area contributed by atoms with Crippen molar-refractivity contribution >= 4 is 33.4 Å². The Balaban J connectivity index is 2.10. The zero-order valence-corrected chi connectivity index (χ0v) is 11.9. The molecule has 6 heteroatoms. The molecule has 2 rings (SSSR count). The lowest BCUT2D eigenvalue weighted by Gasteiger charge is -2.23. The highest BCUT2D eigenvalue weighted by Gasteiger charge is 2.19. The summed E-state index contributed by atoms with van der Waals surface area (Å²) in [6, 6.07) is 2.66. The number of amides is 1. The normalized spacial score (nSPS) is 16.6. The Morgan fingerprint density at radius 2 is 2.11 bits per heavy atom. The van der Waals surface area contributed by atoms with Crippen molar-refractivity contribution in [1.29, 1.82) is 0 Å². The second kappa shape index (κ2) is 5.99. The lowest BCUT2D eigenvalue weighted by Crippen LogP contribution is -2.42. The summed E-state index contributed by atoms with van der Waals surface area (Å²) in [5.41, 5.74) is 0.0183. The lowest BCUT2D eigenvalue weighted by molar-refractivity contribution is 0.0925. The van der Waals surface area contributed by atoms with Gasteiger partial charge in [0.15, 0.2) is 0 Å². The van der Waals surface area contributed by atoms with E-state index in [0.29, 0.717) is 4.47 Å². The maximum Gasteiger partial charge on any atom is 0.254 e. The van der Waals surface area contributed by atoms with Gasteiger partial charge < -0.3 is 10.6 Å². The van der Waals surface area contributed by atoms with Crippen LogP contribution in [0.15, 0.2) is 16.6 Å². The van der Waals surface area contributed by atoms with E-state index >= 15 is 0 Å². The Morgan fingerprint density at radius 3 is 2.78 bits per heavy atom. The third-order valence-corrected chi connectivity index (χ3v) is 4.13. The van der Waals surface area contributed by atoms with Gasteiger partial charge in [0.1, 0.15) is 5.82 Å². The van der Waals surface area contributed by atoms with Crippen molar-refractivity contribution in [1.82, 2.24) is 10.6 Å². The van der Waals surface area contributed by atoms with Gasteiger partial charge in [0.25, 0.3) is 5.91 Å². The Hall–Kier alpha value is -0.650. The first kappa shape index (κ1) is 13.8. The maximum absolute atomic E-state index is 13.7. The molecule has 0 saturated carbocycles. The van der Waals surface area contributed by atoms with Crippen LogP contribution in [0.2, 0.25) is 5.02 Å². The fourth-order valence-electron chi connectivity index (χ4n) is 1.93. The molecule has 1 amide bonds. The van der Waals surface area contributed by atoms with E-state index < -0.39 is 11.7 Å². The average molecular weight is 336 g/mol. The number of halogens is 3. The molecule has 1 aliphatic heterocycles. The van der Waals surface area contributed by atoms with Crippen molar-refractivity contribution in [3.63, 3.8) is 0 Å². The van der Waals surface area contributed by atoms with Gasteiger partial charge in [-0.3, -0.25) is 4.79 Å². The number of piperidine rings is 1. The maximum atomic E-state index is 13.7. The summed E-state index contributed by atoms with van der Waals surface area (Å²) in [5, 5.41) is 6.30. The fourth-order valence-corrected chi connectivity index (χ4v) is 2.42. The van der Waals surface area contributed by atoms with Crippen LogP contribution < -0.4 is 10.6 Å². The zero-order valence-electron chi connectivity index (χ0n) is 9.60. The number of hydrogen-bond donors (Lipinski definition) is 2. The van der Waals surface area contributed by atoms with Gasteiger partial charge in [0, 0.05) is 10.5 Å². The van der Waals surface area contributed by atoms with Crippen LogP contribution in [0.1, 0.15) is 23.2 Å². The van der Waals surface area contributed by atoms with Crippen molar-refractivity contribution in [3.05, 3.63) is 33.0 Å². The monoisotopic (exact) mass is 334 g/mol. The lowest BCUT2D eigenvalue weighted by atomic mass is 10.1. The van der Waals surface area contributed by atoms with Gasteiger partial charge in [-0.05, 0) is 54.0 Å². The van der Waals surface area contributed by atoms with E-state index in [-0.39, 0.29) is 16.6 Å². The minimum Gasteiger partial charge on any atom is -0.349 e. The molecule has 0 unspecified atom stereocenters. The summed E-state index contributed by atoms with van der Waals surface area (Å²) in [6.07, 6.45) is 1.73. The van der Waals surface area contributed by atoms with E-state index in [1.165, 1.54) is 6.07 Å². The molecule has 1 saturated heterocycles. The molecular formula is C12H13BrClFN2O. The first-order valence-electron chi connectivity index (χ1n) is 5.74. The van der Waals surface area contributed by atoms with Crippen LogP contribution in [0, 0.1) is 5.82 Å². The van der Waals surface area contributed by atoms with E-state index in [0.717, 1.165) is 32.0 Å². The topological polar surface area (TPSA) is 41.1 Å². The third-order valence-electron chi connectivity index (χ3n) is 2.93. The molecule has 0 radical (unpaired) electrons. The van der Waals surface area contributed by atoms with E-state index in [1.807, 2.05) is 0 Å². The van der Waals surface area contributed by atoms with Crippen molar-refractivity contribution in [2.75, 3.05) is 13.1 Å². The second-order valence-electron chi connectivity index (χ2n) is 4.24. The number of rotatable bonds is 2. The summed E-state index contributed by atoms with van der Waals surface area (Å²) < 4.78 is 14.2. The molecule has 0 aliphatic carbocycles. The molecule has 0 spiro atoms. The smallest absolute Gasteiger partial charge is 0.254 e.